The summed E-state index contributed by atoms with van der Waals surface area (Å²) >= 11 is 0. The average molecular weight is 330 g/mol. The number of aryl methyl sites for hydroxylation is 1. The molecule has 6 nitrogen and oxygen atoms in total. The number of aromatic nitrogens is 4. The van der Waals surface area contributed by atoms with E-state index < -0.39 is 27.1 Å². The molecule has 0 atom stereocenters. The lowest BCUT2D eigenvalue weighted by Gasteiger charge is -2.08. The van der Waals surface area contributed by atoms with E-state index in [-0.39, 0.29) is 11.4 Å². The molecule has 22 heavy (non-hydrogen) atoms. The number of hydrogen-bond acceptors (Lipinski definition) is 5. The maximum absolute atomic E-state index is 13.0. The van der Waals surface area contributed by atoms with E-state index in [1.165, 1.54) is 13.1 Å². The zero-order chi connectivity index (χ0) is 16.5. The first-order valence-corrected chi connectivity index (χ1v) is 8.38. The first-order chi connectivity index (χ1) is 10.3. The summed E-state index contributed by atoms with van der Waals surface area (Å²) in [6.07, 6.45) is -1.40. The van der Waals surface area contributed by atoms with Crippen LogP contribution in [0.3, 0.4) is 0 Å². The third-order valence-electron chi connectivity index (χ3n) is 3.29. The standard InChI is InChI=1S/C13H16F2N4O2S/c1-4-19-8(3)9(7-16-19)10-6-11(12(14)15)18-13(17-10)22(20,21)5-2/h6-7,12H,4-5H2,1-3H3. The van der Waals surface area contributed by atoms with Gasteiger partial charge in [0.25, 0.3) is 6.43 Å². The minimum Gasteiger partial charge on any atom is -0.269 e. The van der Waals surface area contributed by atoms with Gasteiger partial charge in [-0.1, -0.05) is 6.92 Å². The van der Waals surface area contributed by atoms with Crippen LogP contribution >= 0.6 is 0 Å². The van der Waals surface area contributed by atoms with Crippen molar-refractivity contribution < 1.29 is 17.2 Å². The van der Waals surface area contributed by atoms with Crippen molar-refractivity contribution in [3.63, 3.8) is 0 Å². The van der Waals surface area contributed by atoms with Gasteiger partial charge in [-0.25, -0.2) is 27.2 Å². The van der Waals surface area contributed by atoms with Crippen LogP contribution in [0.2, 0.25) is 0 Å². The van der Waals surface area contributed by atoms with E-state index in [1.807, 2.05) is 6.92 Å². The second kappa shape index (κ2) is 6.07. The summed E-state index contributed by atoms with van der Waals surface area (Å²) in [5, 5.41) is 3.54. The van der Waals surface area contributed by atoms with Crippen LogP contribution in [0.5, 0.6) is 0 Å². The fraction of sp³-hybridized carbons (Fsp3) is 0.462. The topological polar surface area (TPSA) is 77.7 Å². The maximum atomic E-state index is 13.0. The molecule has 0 bridgehead atoms. The Hall–Kier alpha value is -1.90. The predicted molar refractivity (Wildman–Crippen MR) is 76.3 cm³/mol. The van der Waals surface area contributed by atoms with Gasteiger partial charge >= 0.3 is 0 Å². The number of rotatable bonds is 5. The van der Waals surface area contributed by atoms with E-state index in [1.54, 1.807) is 11.6 Å². The van der Waals surface area contributed by atoms with Crippen LogP contribution < -0.4 is 0 Å². The van der Waals surface area contributed by atoms with Crippen LogP contribution in [-0.4, -0.2) is 33.9 Å². The fourth-order valence-electron chi connectivity index (χ4n) is 1.98. The third kappa shape index (κ3) is 2.99. The molecule has 0 aliphatic carbocycles. The second-order valence-corrected chi connectivity index (χ2v) is 6.80. The van der Waals surface area contributed by atoms with E-state index in [2.05, 4.69) is 15.1 Å². The van der Waals surface area contributed by atoms with Crippen molar-refractivity contribution in [2.75, 3.05) is 5.75 Å². The molecule has 0 aromatic carbocycles. The normalized spacial score (nSPS) is 12.1. The molecule has 0 fully saturated rings. The molecule has 0 saturated heterocycles. The summed E-state index contributed by atoms with van der Waals surface area (Å²) in [6.45, 7) is 5.68. The van der Waals surface area contributed by atoms with Crippen molar-refractivity contribution >= 4 is 9.84 Å². The molecule has 9 heteroatoms. The quantitative estimate of drug-likeness (QED) is 0.787. The number of hydrogen-bond donors (Lipinski definition) is 0. The molecule has 0 spiro atoms. The Morgan fingerprint density at radius 1 is 1.27 bits per heavy atom. The number of sulfone groups is 1. The molecule has 2 aromatic heterocycles. The van der Waals surface area contributed by atoms with Crippen molar-refractivity contribution in [2.24, 2.45) is 0 Å². The highest BCUT2D eigenvalue weighted by Crippen LogP contribution is 2.26. The number of halogens is 2. The highest BCUT2D eigenvalue weighted by atomic mass is 32.2. The number of nitrogens with zero attached hydrogens (tertiary/aromatic N) is 4. The Morgan fingerprint density at radius 2 is 1.95 bits per heavy atom. The lowest BCUT2D eigenvalue weighted by Crippen LogP contribution is -2.11. The maximum Gasteiger partial charge on any atom is 0.280 e. The van der Waals surface area contributed by atoms with Gasteiger partial charge in [-0.15, -0.1) is 0 Å². The summed E-state index contributed by atoms with van der Waals surface area (Å²) < 4.78 is 51.5. The summed E-state index contributed by atoms with van der Waals surface area (Å²) in [5.74, 6) is -0.258. The highest BCUT2D eigenvalue weighted by molar-refractivity contribution is 7.91. The van der Waals surface area contributed by atoms with Gasteiger partial charge in [0.2, 0.25) is 15.0 Å². The molecule has 2 aromatic rings. The van der Waals surface area contributed by atoms with Crippen LogP contribution in [-0.2, 0) is 16.4 Å². The zero-order valence-electron chi connectivity index (χ0n) is 12.4. The minimum atomic E-state index is -3.78. The fourth-order valence-corrected chi connectivity index (χ4v) is 2.72. The third-order valence-corrected chi connectivity index (χ3v) is 4.78. The lowest BCUT2D eigenvalue weighted by molar-refractivity contribution is 0.145. The van der Waals surface area contributed by atoms with Crippen LogP contribution in [0, 0.1) is 6.92 Å². The van der Waals surface area contributed by atoms with Crippen molar-refractivity contribution in [2.45, 2.75) is 38.9 Å². The Labute approximate surface area is 127 Å². The van der Waals surface area contributed by atoms with Gasteiger partial charge in [0.1, 0.15) is 5.69 Å². The van der Waals surface area contributed by atoms with E-state index >= 15 is 0 Å². The summed E-state index contributed by atoms with van der Waals surface area (Å²) in [7, 11) is -3.78. The summed E-state index contributed by atoms with van der Waals surface area (Å²) in [4.78, 5) is 7.43. The van der Waals surface area contributed by atoms with Crippen molar-refractivity contribution in [1.29, 1.82) is 0 Å². The molecule has 0 amide bonds. The summed E-state index contributed by atoms with van der Waals surface area (Å²) in [6, 6.07) is 1.10. The molecular weight excluding hydrogens is 314 g/mol. The molecule has 0 N–H and O–H groups in total. The van der Waals surface area contributed by atoms with Crippen LogP contribution in [0.1, 0.15) is 31.7 Å². The van der Waals surface area contributed by atoms with Gasteiger partial charge in [0, 0.05) is 17.8 Å². The SMILES string of the molecule is CCn1ncc(-c2cc(C(F)F)nc(S(=O)(=O)CC)n2)c1C. The van der Waals surface area contributed by atoms with E-state index in [9.17, 15) is 17.2 Å². The second-order valence-electron chi connectivity index (χ2n) is 4.62. The smallest absolute Gasteiger partial charge is 0.269 e. The first-order valence-electron chi connectivity index (χ1n) is 6.72. The Morgan fingerprint density at radius 3 is 2.45 bits per heavy atom. The van der Waals surface area contributed by atoms with Crippen LogP contribution in [0.25, 0.3) is 11.3 Å². The highest BCUT2D eigenvalue weighted by Gasteiger charge is 2.22. The van der Waals surface area contributed by atoms with Crippen LogP contribution in [0.15, 0.2) is 17.4 Å². The van der Waals surface area contributed by atoms with Crippen molar-refractivity contribution in [3.8, 4) is 11.3 Å². The van der Waals surface area contributed by atoms with E-state index in [4.69, 9.17) is 0 Å². The van der Waals surface area contributed by atoms with E-state index in [0.29, 0.717) is 12.1 Å². The van der Waals surface area contributed by atoms with Crippen molar-refractivity contribution in [3.05, 3.63) is 23.7 Å². The van der Waals surface area contributed by atoms with Gasteiger partial charge in [0.05, 0.1) is 17.6 Å². The van der Waals surface area contributed by atoms with Gasteiger partial charge in [-0.3, -0.25) is 4.68 Å². The monoisotopic (exact) mass is 330 g/mol. The largest absolute Gasteiger partial charge is 0.280 e. The molecule has 0 aliphatic rings. The molecular formula is C13H16F2N4O2S. The predicted octanol–water partition coefficient (Wildman–Crippen LogP) is 2.40. The Kier molecular flexibility index (Phi) is 4.55. The summed E-state index contributed by atoms with van der Waals surface area (Å²) in [5.41, 5.74) is 0.759. The molecule has 0 saturated carbocycles. The Balaban J connectivity index is 2.68. The zero-order valence-corrected chi connectivity index (χ0v) is 13.2. The molecule has 120 valence electrons. The van der Waals surface area contributed by atoms with E-state index in [0.717, 1.165) is 11.8 Å². The van der Waals surface area contributed by atoms with Gasteiger partial charge in [0.15, 0.2) is 0 Å². The van der Waals surface area contributed by atoms with Gasteiger partial charge in [-0.2, -0.15) is 5.10 Å². The molecule has 2 heterocycles. The Bertz CT molecular complexity index is 787. The van der Waals surface area contributed by atoms with Gasteiger partial charge in [-0.05, 0) is 19.9 Å². The first kappa shape index (κ1) is 16.5. The molecule has 0 aliphatic heterocycles. The minimum absolute atomic E-state index is 0.134. The number of alkyl halides is 2. The van der Waals surface area contributed by atoms with Crippen LogP contribution in [0.4, 0.5) is 8.78 Å². The van der Waals surface area contributed by atoms with Gasteiger partial charge < -0.3 is 0 Å². The molecule has 2 rings (SSSR count). The molecule has 0 radical (unpaired) electrons. The lowest BCUT2D eigenvalue weighted by atomic mass is 10.1. The van der Waals surface area contributed by atoms with Crippen molar-refractivity contribution in [1.82, 2.24) is 19.7 Å². The average Bonchev–Trinajstić information content (AvgIpc) is 2.87. The molecule has 0 unspecified atom stereocenters.